The molecular formula is C35H33N3O2. The molecule has 0 heterocycles. The second kappa shape index (κ2) is 13.4. The maximum Gasteiger partial charge on any atom is 0.0652 e. The lowest BCUT2D eigenvalue weighted by molar-refractivity contribution is 0.299. The van der Waals surface area contributed by atoms with Crippen molar-refractivity contribution in [2.24, 2.45) is 5.10 Å². The predicted molar refractivity (Wildman–Crippen MR) is 165 cm³/mol. The highest BCUT2D eigenvalue weighted by Crippen LogP contribution is 2.35. The van der Waals surface area contributed by atoms with Gasteiger partial charge in [-0.2, -0.15) is 5.10 Å². The molecule has 0 aromatic heterocycles. The number of nitrogens with zero attached hydrogens (tertiary/aromatic N) is 3. The normalized spacial score (nSPS) is 11.1. The molecule has 0 amide bonds. The molecule has 0 fully saturated rings. The maximum absolute atomic E-state index is 9.32. The number of benzene rings is 5. The zero-order chi connectivity index (χ0) is 27.6. The molecule has 0 bridgehead atoms. The van der Waals surface area contributed by atoms with E-state index in [0.717, 1.165) is 45.1 Å². The molecule has 2 N–H and O–H groups in total. The van der Waals surface area contributed by atoms with E-state index in [2.05, 4.69) is 77.7 Å². The molecule has 0 saturated heterocycles. The van der Waals surface area contributed by atoms with Crippen molar-refractivity contribution in [3.8, 4) is 0 Å². The zero-order valence-electron chi connectivity index (χ0n) is 22.3. The minimum atomic E-state index is 0.129. The number of hydrogen-bond acceptors (Lipinski definition) is 5. The van der Waals surface area contributed by atoms with Crippen LogP contribution in [-0.2, 0) is 12.8 Å². The second-order valence-electron chi connectivity index (χ2n) is 9.43. The highest BCUT2D eigenvalue weighted by molar-refractivity contribution is 5.84. The third kappa shape index (κ3) is 6.64. The molecule has 0 aliphatic rings. The first kappa shape index (κ1) is 26.9. The summed E-state index contributed by atoms with van der Waals surface area (Å²) in [5.41, 5.74) is 8.22. The van der Waals surface area contributed by atoms with Gasteiger partial charge in [0.25, 0.3) is 0 Å². The van der Waals surface area contributed by atoms with Gasteiger partial charge in [0, 0.05) is 30.3 Å². The molecule has 0 saturated carbocycles. The quantitative estimate of drug-likeness (QED) is 0.139. The number of hydrogen-bond donors (Lipinski definition) is 2. The molecule has 5 aromatic carbocycles. The SMILES string of the molecule is OCCc1ccc(N(c2ccc(C=NN(c3ccccc3)c3ccccc3)cc2)c2ccc(CCO)cc2)cc1. The summed E-state index contributed by atoms with van der Waals surface area (Å²) >= 11 is 0. The van der Waals surface area contributed by atoms with E-state index in [4.69, 9.17) is 5.10 Å². The largest absolute Gasteiger partial charge is 0.396 e. The number of para-hydroxylation sites is 2. The Morgan fingerprint density at radius 3 is 1.27 bits per heavy atom. The Morgan fingerprint density at radius 2 is 0.875 bits per heavy atom. The van der Waals surface area contributed by atoms with Crippen molar-refractivity contribution in [1.82, 2.24) is 0 Å². The van der Waals surface area contributed by atoms with Crippen LogP contribution in [-0.4, -0.2) is 29.6 Å². The Balaban J connectivity index is 1.44. The Hall–Kier alpha value is -4.71. The van der Waals surface area contributed by atoms with Crippen LogP contribution < -0.4 is 9.91 Å². The predicted octanol–water partition coefficient (Wildman–Crippen LogP) is 7.40. The van der Waals surface area contributed by atoms with Crippen LogP contribution in [0.1, 0.15) is 16.7 Å². The summed E-state index contributed by atoms with van der Waals surface area (Å²) in [6, 6.07) is 45.1. The standard InChI is InChI=1S/C35H33N3O2/c39-25-23-28-11-17-31(18-12-28)37(32-19-13-29(14-20-32)24-26-40)33-21-15-30(16-22-33)27-36-38(34-7-3-1-4-8-34)35-9-5-2-6-10-35/h1-22,27,39-40H,23-26H2. The Kier molecular flexibility index (Phi) is 8.99. The highest BCUT2D eigenvalue weighted by atomic mass is 16.3. The second-order valence-corrected chi connectivity index (χ2v) is 9.43. The van der Waals surface area contributed by atoms with Crippen LogP contribution in [0.3, 0.4) is 0 Å². The maximum atomic E-state index is 9.32. The van der Waals surface area contributed by atoms with Crippen LogP contribution in [0.25, 0.3) is 0 Å². The van der Waals surface area contributed by atoms with Crippen LogP contribution in [0.2, 0.25) is 0 Å². The molecule has 5 aromatic rings. The fourth-order valence-electron chi connectivity index (χ4n) is 4.58. The fourth-order valence-corrected chi connectivity index (χ4v) is 4.58. The Labute approximate surface area is 235 Å². The van der Waals surface area contributed by atoms with Crippen molar-refractivity contribution >= 4 is 34.7 Å². The molecule has 0 radical (unpaired) electrons. The van der Waals surface area contributed by atoms with Gasteiger partial charge in [0.1, 0.15) is 0 Å². The van der Waals surface area contributed by atoms with Gasteiger partial charge >= 0.3 is 0 Å². The average Bonchev–Trinajstić information content (AvgIpc) is 3.01. The van der Waals surface area contributed by atoms with Gasteiger partial charge in [0.15, 0.2) is 0 Å². The van der Waals surface area contributed by atoms with Crippen molar-refractivity contribution in [3.63, 3.8) is 0 Å². The molecular weight excluding hydrogens is 494 g/mol. The molecule has 0 spiro atoms. The molecule has 0 unspecified atom stereocenters. The number of aliphatic hydroxyl groups excluding tert-OH is 2. The lowest BCUT2D eigenvalue weighted by atomic mass is 10.1. The first-order chi connectivity index (χ1) is 19.7. The topological polar surface area (TPSA) is 59.3 Å². The van der Waals surface area contributed by atoms with Crippen molar-refractivity contribution in [3.05, 3.63) is 150 Å². The summed E-state index contributed by atoms with van der Waals surface area (Å²) in [4.78, 5) is 2.20. The van der Waals surface area contributed by atoms with Crippen molar-refractivity contribution in [2.45, 2.75) is 12.8 Å². The van der Waals surface area contributed by atoms with E-state index in [1.807, 2.05) is 71.9 Å². The summed E-state index contributed by atoms with van der Waals surface area (Å²) in [6.07, 6.45) is 3.14. The van der Waals surface area contributed by atoms with Gasteiger partial charge < -0.3 is 15.1 Å². The molecule has 5 heteroatoms. The summed E-state index contributed by atoms with van der Waals surface area (Å²) in [5, 5.41) is 25.4. The third-order valence-electron chi connectivity index (χ3n) is 6.67. The lowest BCUT2D eigenvalue weighted by Crippen LogP contribution is -2.11. The number of anilines is 5. The minimum absolute atomic E-state index is 0.129. The van der Waals surface area contributed by atoms with Gasteiger partial charge in [0.2, 0.25) is 0 Å². The van der Waals surface area contributed by atoms with Crippen LogP contribution >= 0.6 is 0 Å². The first-order valence-corrected chi connectivity index (χ1v) is 13.5. The smallest absolute Gasteiger partial charge is 0.0652 e. The summed E-state index contributed by atoms with van der Waals surface area (Å²) in [5.74, 6) is 0. The van der Waals surface area contributed by atoms with Gasteiger partial charge in [-0.3, -0.25) is 0 Å². The first-order valence-electron chi connectivity index (χ1n) is 13.5. The highest BCUT2D eigenvalue weighted by Gasteiger charge is 2.13. The van der Waals surface area contributed by atoms with Crippen LogP contribution in [0, 0.1) is 0 Å². The number of aliphatic hydroxyl groups is 2. The molecule has 0 atom stereocenters. The molecule has 0 aliphatic carbocycles. The lowest BCUT2D eigenvalue weighted by Gasteiger charge is -2.26. The van der Waals surface area contributed by atoms with Crippen LogP contribution in [0.5, 0.6) is 0 Å². The van der Waals surface area contributed by atoms with Crippen molar-refractivity contribution < 1.29 is 10.2 Å². The van der Waals surface area contributed by atoms with E-state index in [0.29, 0.717) is 12.8 Å². The molecule has 5 rings (SSSR count). The van der Waals surface area contributed by atoms with Gasteiger partial charge in [-0.25, -0.2) is 5.01 Å². The van der Waals surface area contributed by atoms with E-state index in [1.165, 1.54) is 0 Å². The summed E-state index contributed by atoms with van der Waals surface area (Å²) in [7, 11) is 0. The molecule has 200 valence electrons. The summed E-state index contributed by atoms with van der Waals surface area (Å²) < 4.78 is 0. The number of rotatable bonds is 11. The van der Waals surface area contributed by atoms with Crippen molar-refractivity contribution in [2.75, 3.05) is 23.1 Å². The van der Waals surface area contributed by atoms with Crippen molar-refractivity contribution in [1.29, 1.82) is 0 Å². The van der Waals surface area contributed by atoms with Gasteiger partial charge in [0.05, 0.1) is 17.6 Å². The Bertz CT molecular complexity index is 1400. The third-order valence-corrected chi connectivity index (χ3v) is 6.67. The van der Waals surface area contributed by atoms with E-state index in [1.54, 1.807) is 0 Å². The Morgan fingerprint density at radius 1 is 0.475 bits per heavy atom. The van der Waals surface area contributed by atoms with E-state index >= 15 is 0 Å². The molecule has 5 nitrogen and oxygen atoms in total. The van der Waals surface area contributed by atoms with Gasteiger partial charge in [-0.05, 0) is 90.2 Å². The molecule has 0 aliphatic heterocycles. The van der Waals surface area contributed by atoms with E-state index < -0.39 is 0 Å². The average molecular weight is 528 g/mol. The van der Waals surface area contributed by atoms with Crippen LogP contribution in [0.4, 0.5) is 28.4 Å². The van der Waals surface area contributed by atoms with Gasteiger partial charge in [-0.1, -0.05) is 72.8 Å². The number of hydrazone groups is 1. The zero-order valence-corrected chi connectivity index (χ0v) is 22.3. The summed E-state index contributed by atoms with van der Waals surface area (Å²) in [6.45, 7) is 0.259. The fraction of sp³-hybridized carbons (Fsp3) is 0.114. The molecule has 40 heavy (non-hydrogen) atoms. The monoisotopic (exact) mass is 527 g/mol. The van der Waals surface area contributed by atoms with Gasteiger partial charge in [-0.15, -0.1) is 0 Å². The minimum Gasteiger partial charge on any atom is -0.396 e. The van der Waals surface area contributed by atoms with E-state index in [9.17, 15) is 10.2 Å². The van der Waals surface area contributed by atoms with E-state index in [-0.39, 0.29) is 13.2 Å². The van der Waals surface area contributed by atoms with Crippen LogP contribution in [0.15, 0.2) is 139 Å².